The van der Waals surface area contributed by atoms with E-state index in [4.69, 9.17) is 10.5 Å². The summed E-state index contributed by atoms with van der Waals surface area (Å²) in [6.45, 7) is 0. The lowest BCUT2D eigenvalue weighted by Gasteiger charge is -2.23. The molecule has 4 heteroatoms. The van der Waals surface area contributed by atoms with Gasteiger partial charge in [0.1, 0.15) is 11.6 Å². The molecule has 0 fully saturated rings. The highest BCUT2D eigenvalue weighted by atomic mass is 16.5. The Hall–Kier alpha value is -2.67. The molecule has 3 N–H and O–H groups in total. The molecule has 0 radical (unpaired) electrons. The summed E-state index contributed by atoms with van der Waals surface area (Å²) in [4.78, 5) is 3.13. The topological polar surface area (TPSA) is 74.8 Å². The molecule has 1 aromatic heterocycles. The van der Waals surface area contributed by atoms with Crippen LogP contribution < -0.4 is 10.5 Å². The summed E-state index contributed by atoms with van der Waals surface area (Å²) in [6.07, 6.45) is 1.79. The largest absolute Gasteiger partial charge is 0.439 e. The van der Waals surface area contributed by atoms with Gasteiger partial charge in [-0.2, -0.15) is 5.26 Å². The summed E-state index contributed by atoms with van der Waals surface area (Å²) < 4.78 is 5.43. The number of fused-ring (bicyclic) bond motifs is 1. The van der Waals surface area contributed by atoms with Gasteiger partial charge in [-0.05, 0) is 11.6 Å². The number of hydrogen-bond donors (Lipinski definition) is 2. The van der Waals surface area contributed by atoms with Crippen LogP contribution >= 0.6 is 0 Å². The van der Waals surface area contributed by atoms with Gasteiger partial charge in [0.2, 0.25) is 5.88 Å². The molecule has 0 amide bonds. The van der Waals surface area contributed by atoms with E-state index < -0.39 is 0 Å². The van der Waals surface area contributed by atoms with Gasteiger partial charge in [0.05, 0.1) is 11.6 Å². The van der Waals surface area contributed by atoms with Crippen molar-refractivity contribution in [3.8, 4) is 11.8 Å². The molecule has 88 valence electrons. The van der Waals surface area contributed by atoms with E-state index in [0.717, 1.165) is 11.3 Å². The van der Waals surface area contributed by atoms with Crippen molar-refractivity contribution in [2.24, 2.45) is 5.73 Å². The van der Waals surface area contributed by atoms with Gasteiger partial charge < -0.3 is 15.5 Å². The van der Waals surface area contributed by atoms with Crippen LogP contribution in [0, 0.1) is 11.3 Å². The third-order valence-corrected chi connectivity index (χ3v) is 3.06. The molecule has 1 aliphatic heterocycles. The summed E-state index contributed by atoms with van der Waals surface area (Å²) >= 11 is 0. The third-order valence-electron chi connectivity index (χ3n) is 3.06. The van der Waals surface area contributed by atoms with Crippen molar-refractivity contribution in [1.82, 2.24) is 4.98 Å². The zero-order valence-electron chi connectivity index (χ0n) is 9.55. The van der Waals surface area contributed by atoms with Crippen LogP contribution in [-0.4, -0.2) is 4.98 Å². The van der Waals surface area contributed by atoms with Crippen LogP contribution in [0.1, 0.15) is 17.2 Å². The van der Waals surface area contributed by atoms with Crippen LogP contribution in [0.15, 0.2) is 54.1 Å². The molecule has 18 heavy (non-hydrogen) atoms. The second kappa shape index (κ2) is 3.97. The van der Waals surface area contributed by atoms with Crippen LogP contribution in [0.3, 0.4) is 0 Å². The highest BCUT2D eigenvalue weighted by molar-refractivity contribution is 5.52. The van der Waals surface area contributed by atoms with Crippen LogP contribution in [0.2, 0.25) is 0 Å². The van der Waals surface area contributed by atoms with E-state index in [1.165, 1.54) is 0 Å². The first-order valence-electron chi connectivity index (χ1n) is 5.61. The number of aromatic nitrogens is 1. The van der Waals surface area contributed by atoms with E-state index >= 15 is 0 Å². The van der Waals surface area contributed by atoms with Crippen molar-refractivity contribution in [3.63, 3.8) is 0 Å². The fourth-order valence-corrected chi connectivity index (χ4v) is 2.24. The van der Waals surface area contributed by atoms with Gasteiger partial charge in [-0.3, -0.25) is 0 Å². The first-order chi connectivity index (χ1) is 8.81. The predicted molar refractivity (Wildman–Crippen MR) is 66.5 cm³/mol. The number of nitriles is 1. The lowest BCUT2D eigenvalue weighted by atomic mass is 9.87. The average Bonchev–Trinajstić information content (AvgIpc) is 2.85. The Morgan fingerprint density at radius 1 is 1.22 bits per heavy atom. The Morgan fingerprint density at radius 3 is 2.72 bits per heavy atom. The highest BCUT2D eigenvalue weighted by Crippen LogP contribution is 2.40. The Bertz CT molecular complexity index is 649. The molecular weight excluding hydrogens is 226 g/mol. The molecule has 1 aromatic carbocycles. The van der Waals surface area contributed by atoms with Gasteiger partial charge in [0.15, 0.2) is 5.75 Å². The minimum absolute atomic E-state index is 0.179. The van der Waals surface area contributed by atoms with Crippen molar-refractivity contribution >= 4 is 0 Å². The number of hydrogen-bond acceptors (Lipinski definition) is 3. The second-order valence-electron chi connectivity index (χ2n) is 4.09. The van der Waals surface area contributed by atoms with Crippen molar-refractivity contribution in [2.75, 3.05) is 0 Å². The molecule has 0 saturated heterocycles. The van der Waals surface area contributed by atoms with Gasteiger partial charge in [-0.25, -0.2) is 0 Å². The number of ether oxygens (including phenoxy) is 1. The van der Waals surface area contributed by atoms with Crippen molar-refractivity contribution in [3.05, 3.63) is 65.3 Å². The van der Waals surface area contributed by atoms with E-state index in [-0.39, 0.29) is 11.8 Å². The van der Waals surface area contributed by atoms with E-state index in [1.807, 2.05) is 36.4 Å². The third kappa shape index (κ3) is 1.45. The number of benzene rings is 1. The molecule has 2 aromatic rings. The number of nitrogens with two attached hydrogens (primary N) is 1. The predicted octanol–water partition coefficient (Wildman–Crippen LogP) is 2.23. The lowest BCUT2D eigenvalue weighted by Crippen LogP contribution is -2.20. The van der Waals surface area contributed by atoms with Crippen molar-refractivity contribution < 1.29 is 4.74 Å². The Kier molecular flexibility index (Phi) is 2.31. The molecule has 1 atom stereocenters. The van der Waals surface area contributed by atoms with Gasteiger partial charge in [-0.1, -0.05) is 30.3 Å². The Labute approximate surface area is 104 Å². The Balaban J connectivity index is 2.20. The van der Waals surface area contributed by atoms with Crippen molar-refractivity contribution in [2.45, 2.75) is 5.92 Å². The van der Waals surface area contributed by atoms with Gasteiger partial charge in [0.25, 0.3) is 0 Å². The van der Waals surface area contributed by atoms with Crippen LogP contribution in [0.4, 0.5) is 0 Å². The first-order valence-corrected chi connectivity index (χ1v) is 5.61. The van der Waals surface area contributed by atoms with Crippen molar-refractivity contribution in [1.29, 1.82) is 5.26 Å². The highest BCUT2D eigenvalue weighted by Gasteiger charge is 2.31. The maximum atomic E-state index is 9.27. The standard InChI is InChI=1S/C14H11N3O/c15-8-10-12(9-4-2-1-3-5-9)13-11(6-7-17-13)18-14(10)16/h1-7,12,17H,16H2. The average molecular weight is 237 g/mol. The molecule has 0 aliphatic carbocycles. The number of nitrogens with zero attached hydrogens (tertiary/aromatic N) is 1. The minimum atomic E-state index is -0.185. The minimum Gasteiger partial charge on any atom is -0.439 e. The van der Waals surface area contributed by atoms with E-state index in [1.54, 1.807) is 6.20 Å². The zero-order valence-corrected chi connectivity index (χ0v) is 9.55. The quantitative estimate of drug-likeness (QED) is 0.798. The van der Waals surface area contributed by atoms with Crippen LogP contribution in [0.25, 0.3) is 0 Å². The molecule has 1 unspecified atom stereocenters. The van der Waals surface area contributed by atoms with Gasteiger partial charge in [-0.15, -0.1) is 0 Å². The zero-order chi connectivity index (χ0) is 12.5. The summed E-state index contributed by atoms with van der Waals surface area (Å²) in [7, 11) is 0. The summed E-state index contributed by atoms with van der Waals surface area (Å²) in [5.41, 5.74) is 8.14. The maximum Gasteiger partial charge on any atom is 0.205 e. The number of H-pyrrole nitrogens is 1. The van der Waals surface area contributed by atoms with Gasteiger partial charge >= 0.3 is 0 Å². The number of allylic oxidation sites excluding steroid dienone is 1. The number of nitrogens with one attached hydrogen (secondary N) is 1. The van der Waals surface area contributed by atoms with Crippen LogP contribution in [0.5, 0.6) is 5.75 Å². The number of rotatable bonds is 1. The maximum absolute atomic E-state index is 9.27. The van der Waals surface area contributed by atoms with Crippen LogP contribution in [-0.2, 0) is 0 Å². The normalized spacial score (nSPS) is 17.8. The van der Waals surface area contributed by atoms with E-state index in [0.29, 0.717) is 11.3 Å². The lowest BCUT2D eigenvalue weighted by molar-refractivity contribution is 0.393. The Morgan fingerprint density at radius 2 is 2.00 bits per heavy atom. The molecule has 4 nitrogen and oxygen atoms in total. The fraction of sp³-hybridized carbons (Fsp3) is 0.0714. The molecule has 0 bridgehead atoms. The molecule has 2 heterocycles. The first kappa shape index (κ1) is 10.5. The van der Waals surface area contributed by atoms with E-state index in [9.17, 15) is 5.26 Å². The van der Waals surface area contributed by atoms with E-state index in [2.05, 4.69) is 11.1 Å². The molecule has 1 aliphatic rings. The number of aromatic amines is 1. The molecular formula is C14H11N3O. The summed E-state index contributed by atoms with van der Waals surface area (Å²) in [5.74, 6) is 0.675. The second-order valence-corrected chi connectivity index (χ2v) is 4.09. The summed E-state index contributed by atoms with van der Waals surface area (Å²) in [5, 5.41) is 9.27. The monoisotopic (exact) mass is 237 g/mol. The smallest absolute Gasteiger partial charge is 0.205 e. The molecule has 0 spiro atoms. The molecule has 0 saturated carbocycles. The van der Waals surface area contributed by atoms with Gasteiger partial charge in [0, 0.05) is 6.20 Å². The SMILES string of the molecule is N#CC1=C(N)Oc2cc[nH]c2C1c1ccccc1. The summed E-state index contributed by atoms with van der Waals surface area (Å²) in [6, 6.07) is 13.7. The molecule has 3 rings (SSSR count). The fourth-order valence-electron chi connectivity index (χ4n) is 2.24.